The lowest BCUT2D eigenvalue weighted by Gasteiger charge is -2.29. The largest absolute Gasteiger partial charge is 0.472 e. The van der Waals surface area contributed by atoms with Gasteiger partial charge in [-0.25, -0.2) is 9.37 Å². The maximum absolute atomic E-state index is 13.8. The van der Waals surface area contributed by atoms with Crippen LogP contribution in [0, 0.1) is 5.82 Å². The topological polar surface area (TPSA) is 67.2 Å². The highest BCUT2D eigenvalue weighted by atomic mass is 19.1. The summed E-state index contributed by atoms with van der Waals surface area (Å²) in [5, 5.41) is 13.1. The molecule has 0 bridgehead atoms. The second-order valence-electron chi connectivity index (χ2n) is 5.94. The predicted molar refractivity (Wildman–Crippen MR) is 97.0 cm³/mol. The van der Waals surface area contributed by atoms with Crippen LogP contribution in [0.5, 0.6) is 5.88 Å². The Morgan fingerprint density at radius 3 is 2.69 bits per heavy atom. The molecule has 1 aromatic carbocycles. The van der Waals surface area contributed by atoms with Gasteiger partial charge in [-0.3, -0.25) is 0 Å². The Labute approximate surface area is 152 Å². The number of oxime groups is 1. The number of nitrogens with zero attached hydrogens (tertiary/aromatic N) is 3. The summed E-state index contributed by atoms with van der Waals surface area (Å²) < 4.78 is 24.7. The summed E-state index contributed by atoms with van der Waals surface area (Å²) in [5.41, 5.74) is 0.947. The molecule has 2 rings (SSSR count). The van der Waals surface area contributed by atoms with E-state index in [0.29, 0.717) is 30.1 Å². The highest BCUT2D eigenvalue weighted by molar-refractivity contribution is 6.00. The van der Waals surface area contributed by atoms with E-state index >= 15 is 0 Å². The van der Waals surface area contributed by atoms with Crippen molar-refractivity contribution in [3.05, 3.63) is 59.5 Å². The highest BCUT2D eigenvalue weighted by Crippen LogP contribution is 2.21. The van der Waals surface area contributed by atoms with Crippen molar-refractivity contribution in [2.24, 2.45) is 5.16 Å². The van der Waals surface area contributed by atoms with Gasteiger partial charge in [0.05, 0.1) is 12.2 Å². The molecule has 0 unspecified atom stereocenters. The van der Waals surface area contributed by atoms with Crippen LogP contribution in [0.3, 0.4) is 0 Å². The van der Waals surface area contributed by atoms with Crippen LogP contribution in [0.2, 0.25) is 0 Å². The average Bonchev–Trinajstić information content (AvgIpc) is 2.65. The van der Waals surface area contributed by atoms with E-state index in [1.54, 1.807) is 43.6 Å². The quantitative estimate of drug-likeness (QED) is 0.338. The van der Waals surface area contributed by atoms with Crippen molar-refractivity contribution >= 4 is 5.84 Å². The first-order chi connectivity index (χ1) is 12.6. The molecule has 26 heavy (non-hydrogen) atoms. The van der Waals surface area contributed by atoms with Crippen molar-refractivity contribution < 1.29 is 19.1 Å². The second kappa shape index (κ2) is 9.72. The molecule has 6 nitrogen and oxygen atoms in total. The zero-order valence-corrected chi connectivity index (χ0v) is 15.2. The number of rotatable bonds is 8. The molecule has 0 aliphatic rings. The molecule has 0 atom stereocenters. The molecular weight excluding hydrogens is 337 g/mol. The fourth-order valence-corrected chi connectivity index (χ4v) is 2.50. The van der Waals surface area contributed by atoms with Gasteiger partial charge in [-0.15, -0.1) is 0 Å². The molecule has 0 amide bonds. The summed E-state index contributed by atoms with van der Waals surface area (Å²) in [7, 11) is 1.61. The minimum Gasteiger partial charge on any atom is -0.472 e. The first kappa shape index (κ1) is 19.7. The lowest BCUT2D eigenvalue weighted by molar-refractivity contribution is 0.164. The first-order valence-electron chi connectivity index (χ1n) is 8.37. The summed E-state index contributed by atoms with van der Waals surface area (Å²) >= 11 is 0. The molecule has 2 aromatic rings. The molecular formula is C19H24FN3O3. The first-order valence-corrected chi connectivity index (χ1v) is 8.37. The summed E-state index contributed by atoms with van der Waals surface area (Å²) in [5.74, 6) is 0.255. The number of pyridine rings is 1. The fourth-order valence-electron chi connectivity index (χ4n) is 2.50. The molecule has 7 heteroatoms. The van der Waals surface area contributed by atoms with E-state index in [-0.39, 0.29) is 24.3 Å². The smallest absolute Gasteiger partial charge is 0.224 e. The fraction of sp³-hybridized carbons (Fsp3) is 0.368. The van der Waals surface area contributed by atoms with Crippen molar-refractivity contribution in [1.29, 1.82) is 0 Å². The lowest BCUT2D eigenvalue weighted by atomic mass is 10.2. The van der Waals surface area contributed by atoms with Crippen LogP contribution in [-0.4, -0.2) is 47.2 Å². The molecule has 1 heterocycles. The molecule has 0 spiro atoms. The number of methoxy groups -OCH3 is 1. The van der Waals surface area contributed by atoms with Crippen LogP contribution in [0.4, 0.5) is 4.39 Å². The van der Waals surface area contributed by atoms with Crippen molar-refractivity contribution in [3.8, 4) is 5.88 Å². The third kappa shape index (κ3) is 4.92. The Balaban J connectivity index is 2.26. The Bertz CT molecular complexity index is 737. The van der Waals surface area contributed by atoms with Crippen molar-refractivity contribution in [2.45, 2.75) is 26.5 Å². The van der Waals surface area contributed by atoms with Crippen LogP contribution in [0.1, 0.15) is 25.0 Å². The van der Waals surface area contributed by atoms with E-state index in [9.17, 15) is 9.60 Å². The van der Waals surface area contributed by atoms with Crippen molar-refractivity contribution in [2.75, 3.05) is 20.3 Å². The van der Waals surface area contributed by atoms with Gasteiger partial charge in [0.2, 0.25) is 5.88 Å². The number of hydrogen-bond donors (Lipinski definition) is 1. The molecule has 0 radical (unpaired) electrons. The van der Waals surface area contributed by atoms with Gasteiger partial charge in [-0.1, -0.05) is 23.4 Å². The zero-order valence-electron chi connectivity index (χ0n) is 15.2. The Hall–Kier alpha value is -2.67. The molecule has 1 aromatic heterocycles. The van der Waals surface area contributed by atoms with E-state index in [0.717, 1.165) is 0 Å². The zero-order chi connectivity index (χ0) is 18.9. The van der Waals surface area contributed by atoms with Crippen molar-refractivity contribution in [1.82, 2.24) is 9.88 Å². The maximum atomic E-state index is 13.8. The van der Waals surface area contributed by atoms with Crippen molar-refractivity contribution in [3.63, 3.8) is 0 Å². The van der Waals surface area contributed by atoms with E-state index in [4.69, 9.17) is 9.47 Å². The Kier molecular flexibility index (Phi) is 7.35. The number of amidine groups is 1. The summed E-state index contributed by atoms with van der Waals surface area (Å²) in [6, 6.07) is 9.94. The van der Waals surface area contributed by atoms with E-state index in [1.807, 2.05) is 18.7 Å². The maximum Gasteiger partial charge on any atom is 0.224 e. The van der Waals surface area contributed by atoms with Gasteiger partial charge < -0.3 is 19.6 Å². The second-order valence-corrected chi connectivity index (χ2v) is 5.94. The van der Waals surface area contributed by atoms with Gasteiger partial charge in [0, 0.05) is 31.5 Å². The normalized spacial score (nSPS) is 11.7. The number of aromatic nitrogens is 1. The van der Waals surface area contributed by atoms with E-state index < -0.39 is 0 Å². The van der Waals surface area contributed by atoms with Gasteiger partial charge >= 0.3 is 0 Å². The summed E-state index contributed by atoms with van der Waals surface area (Å²) in [6.07, 6.45) is 1.57. The van der Waals surface area contributed by atoms with E-state index in [1.165, 1.54) is 6.07 Å². The Morgan fingerprint density at radius 1 is 1.27 bits per heavy atom. The number of hydrogen-bond acceptors (Lipinski definition) is 5. The molecule has 0 aliphatic heterocycles. The molecule has 0 fully saturated rings. The number of benzene rings is 1. The average molecular weight is 361 g/mol. The highest BCUT2D eigenvalue weighted by Gasteiger charge is 2.21. The van der Waals surface area contributed by atoms with Crippen LogP contribution in [-0.2, 0) is 11.3 Å². The summed E-state index contributed by atoms with van der Waals surface area (Å²) in [4.78, 5) is 6.11. The van der Waals surface area contributed by atoms with Gasteiger partial charge in [0.25, 0.3) is 0 Å². The lowest BCUT2D eigenvalue weighted by Crippen LogP contribution is -2.40. The molecule has 0 saturated heterocycles. The minimum atomic E-state index is -0.343. The molecule has 1 N–H and O–H groups in total. The molecule has 0 aliphatic carbocycles. The third-order valence-electron chi connectivity index (χ3n) is 3.86. The monoisotopic (exact) mass is 361 g/mol. The third-order valence-corrected chi connectivity index (χ3v) is 3.86. The number of ether oxygens (including phenoxy) is 2. The predicted octanol–water partition coefficient (Wildman–Crippen LogP) is 3.29. The number of halogens is 1. The summed E-state index contributed by atoms with van der Waals surface area (Å²) in [6.45, 7) is 5.00. The molecule has 0 saturated carbocycles. The van der Waals surface area contributed by atoms with Gasteiger partial charge in [-0.05, 0) is 32.0 Å². The van der Waals surface area contributed by atoms with Gasteiger partial charge in [0.15, 0.2) is 5.84 Å². The van der Waals surface area contributed by atoms with Gasteiger partial charge in [-0.2, -0.15) is 0 Å². The SMILES string of the molecule is COCCN(/C(=N\O)c1cccnc1OCc1ccccc1F)C(C)C. The van der Waals surface area contributed by atoms with Crippen LogP contribution in [0.25, 0.3) is 0 Å². The van der Waals surface area contributed by atoms with Crippen LogP contribution in [0.15, 0.2) is 47.8 Å². The van der Waals surface area contributed by atoms with Gasteiger partial charge in [0.1, 0.15) is 12.4 Å². The standard InChI is InChI=1S/C19H24FN3O3/c1-14(2)23(11-12-25-3)18(22-24)16-8-6-10-21-19(16)26-13-15-7-4-5-9-17(15)20/h4-10,14,24H,11-13H2,1-3H3/b22-18-. The minimum absolute atomic E-state index is 0.0230. The molecule has 140 valence electrons. The van der Waals surface area contributed by atoms with Crippen LogP contribution < -0.4 is 4.74 Å². The van der Waals surface area contributed by atoms with E-state index in [2.05, 4.69) is 10.1 Å². The Morgan fingerprint density at radius 2 is 2.04 bits per heavy atom. The van der Waals surface area contributed by atoms with Crippen LogP contribution >= 0.6 is 0 Å².